The Balaban J connectivity index is 1.61. The van der Waals surface area contributed by atoms with Gasteiger partial charge in [-0.15, -0.1) is 0 Å². The van der Waals surface area contributed by atoms with Crippen molar-refractivity contribution in [1.82, 2.24) is 14.7 Å². The first-order chi connectivity index (χ1) is 11.6. The summed E-state index contributed by atoms with van der Waals surface area (Å²) in [6.45, 7) is 1.38. The number of aromatic nitrogens is 2. The van der Waals surface area contributed by atoms with Crippen LogP contribution in [0, 0.1) is 10.1 Å². The molecule has 0 amide bonds. The maximum absolute atomic E-state index is 10.7. The molecule has 0 bridgehead atoms. The fourth-order valence-electron chi connectivity index (χ4n) is 3.31. The second kappa shape index (κ2) is 7.59. The van der Waals surface area contributed by atoms with Gasteiger partial charge in [-0.1, -0.05) is 12.8 Å². The Morgan fingerprint density at radius 1 is 1.50 bits per heavy atom. The molecular formula is C16H22N4O4. The van der Waals surface area contributed by atoms with Crippen LogP contribution in [-0.2, 0) is 13.1 Å². The molecule has 2 aromatic rings. The molecular weight excluding hydrogens is 312 g/mol. The summed E-state index contributed by atoms with van der Waals surface area (Å²) in [6.07, 6.45) is 8.21. The van der Waals surface area contributed by atoms with Crippen molar-refractivity contribution in [2.24, 2.45) is 0 Å². The van der Waals surface area contributed by atoms with Crippen molar-refractivity contribution in [1.29, 1.82) is 0 Å². The van der Waals surface area contributed by atoms with Crippen LogP contribution in [-0.4, -0.2) is 43.4 Å². The van der Waals surface area contributed by atoms with Gasteiger partial charge >= 0.3 is 5.69 Å². The molecule has 0 spiro atoms. The molecule has 0 aromatic carbocycles. The molecule has 1 atom stereocenters. The van der Waals surface area contributed by atoms with Crippen LogP contribution in [0.4, 0.5) is 5.69 Å². The SMILES string of the molecule is O=[N+]([O-])c1cnn(CC(O)CN(Cc2ccco2)C2CCCC2)c1. The zero-order valence-electron chi connectivity index (χ0n) is 13.5. The largest absolute Gasteiger partial charge is 0.468 e. The average Bonchev–Trinajstić information content (AvgIpc) is 3.29. The first-order valence-corrected chi connectivity index (χ1v) is 8.23. The third-order valence-corrected chi connectivity index (χ3v) is 4.45. The molecule has 130 valence electrons. The van der Waals surface area contributed by atoms with Crippen LogP contribution in [0.15, 0.2) is 35.2 Å². The Morgan fingerprint density at radius 2 is 2.29 bits per heavy atom. The van der Waals surface area contributed by atoms with E-state index in [1.165, 1.54) is 29.9 Å². The number of hydrogen-bond donors (Lipinski definition) is 1. The molecule has 1 aliphatic carbocycles. The number of hydrogen-bond acceptors (Lipinski definition) is 6. The van der Waals surface area contributed by atoms with E-state index in [4.69, 9.17) is 4.42 Å². The Bertz CT molecular complexity index is 649. The van der Waals surface area contributed by atoms with E-state index in [0.29, 0.717) is 19.1 Å². The van der Waals surface area contributed by atoms with Crippen LogP contribution in [0.25, 0.3) is 0 Å². The number of aliphatic hydroxyl groups excluding tert-OH is 1. The third kappa shape index (κ3) is 4.21. The van der Waals surface area contributed by atoms with Crippen LogP contribution < -0.4 is 0 Å². The second-order valence-corrected chi connectivity index (χ2v) is 6.28. The maximum Gasteiger partial charge on any atom is 0.306 e. The van der Waals surface area contributed by atoms with Gasteiger partial charge in [0.2, 0.25) is 0 Å². The highest BCUT2D eigenvalue weighted by atomic mass is 16.6. The molecule has 8 heteroatoms. The highest BCUT2D eigenvalue weighted by Crippen LogP contribution is 2.25. The molecule has 2 heterocycles. The van der Waals surface area contributed by atoms with Gasteiger partial charge in [-0.25, -0.2) is 0 Å². The van der Waals surface area contributed by atoms with E-state index in [9.17, 15) is 15.2 Å². The predicted octanol–water partition coefficient (Wildman–Crippen LogP) is 2.19. The van der Waals surface area contributed by atoms with Crippen molar-refractivity contribution in [3.8, 4) is 0 Å². The Morgan fingerprint density at radius 3 is 2.92 bits per heavy atom. The highest BCUT2D eigenvalue weighted by Gasteiger charge is 2.25. The van der Waals surface area contributed by atoms with E-state index >= 15 is 0 Å². The quantitative estimate of drug-likeness (QED) is 0.587. The van der Waals surface area contributed by atoms with Crippen LogP contribution in [0.3, 0.4) is 0 Å². The average molecular weight is 334 g/mol. The van der Waals surface area contributed by atoms with Crippen molar-refractivity contribution in [3.63, 3.8) is 0 Å². The van der Waals surface area contributed by atoms with E-state index in [-0.39, 0.29) is 12.2 Å². The first kappa shape index (κ1) is 16.7. The fourth-order valence-corrected chi connectivity index (χ4v) is 3.31. The van der Waals surface area contributed by atoms with Gasteiger partial charge in [0.05, 0.1) is 30.4 Å². The standard InChI is InChI=1S/C16H22N4O4/c21-15(11-19-9-14(8-17-19)20(22)23)10-18(13-4-1-2-5-13)12-16-6-3-7-24-16/h3,6-9,13,15,21H,1-2,4-5,10-12H2. The van der Waals surface area contributed by atoms with E-state index < -0.39 is 11.0 Å². The van der Waals surface area contributed by atoms with Gasteiger partial charge in [-0.05, 0) is 25.0 Å². The molecule has 0 saturated heterocycles. The van der Waals surface area contributed by atoms with Gasteiger partial charge in [0.15, 0.2) is 0 Å². The van der Waals surface area contributed by atoms with Crippen LogP contribution in [0.1, 0.15) is 31.4 Å². The number of furan rings is 1. The second-order valence-electron chi connectivity index (χ2n) is 6.28. The normalized spacial score (nSPS) is 16.8. The Labute approximate surface area is 139 Å². The molecule has 3 rings (SSSR count). The summed E-state index contributed by atoms with van der Waals surface area (Å²) in [5.41, 5.74) is -0.0644. The minimum Gasteiger partial charge on any atom is -0.468 e. The van der Waals surface area contributed by atoms with E-state index in [0.717, 1.165) is 18.6 Å². The summed E-state index contributed by atoms with van der Waals surface area (Å²) in [6, 6.07) is 4.24. The van der Waals surface area contributed by atoms with Crippen LogP contribution in [0.5, 0.6) is 0 Å². The minimum absolute atomic E-state index is 0.0644. The zero-order chi connectivity index (χ0) is 16.9. The zero-order valence-corrected chi connectivity index (χ0v) is 13.5. The summed E-state index contributed by atoms with van der Waals surface area (Å²) in [4.78, 5) is 12.5. The van der Waals surface area contributed by atoms with Gasteiger partial charge in [0, 0.05) is 12.6 Å². The fraction of sp³-hybridized carbons (Fsp3) is 0.562. The minimum atomic E-state index is -0.653. The molecule has 0 aliphatic heterocycles. The van der Waals surface area contributed by atoms with Crippen molar-refractivity contribution in [2.45, 2.75) is 50.9 Å². The first-order valence-electron chi connectivity index (χ1n) is 8.23. The summed E-state index contributed by atoms with van der Waals surface area (Å²) >= 11 is 0. The van der Waals surface area contributed by atoms with Crippen LogP contribution >= 0.6 is 0 Å². The summed E-state index contributed by atoms with van der Waals surface area (Å²) in [7, 11) is 0. The number of nitrogens with zero attached hydrogens (tertiary/aromatic N) is 4. The summed E-state index contributed by atoms with van der Waals surface area (Å²) < 4.78 is 6.86. The van der Waals surface area contributed by atoms with Crippen LogP contribution in [0.2, 0.25) is 0 Å². The molecule has 0 radical (unpaired) electrons. The lowest BCUT2D eigenvalue weighted by Gasteiger charge is -2.30. The van der Waals surface area contributed by atoms with Gasteiger partial charge in [-0.2, -0.15) is 5.10 Å². The predicted molar refractivity (Wildman–Crippen MR) is 86.3 cm³/mol. The molecule has 1 saturated carbocycles. The Kier molecular flexibility index (Phi) is 5.27. The van der Waals surface area contributed by atoms with E-state index in [1.807, 2.05) is 12.1 Å². The Hall–Kier alpha value is -2.19. The van der Waals surface area contributed by atoms with Gasteiger partial charge in [0.25, 0.3) is 0 Å². The van der Waals surface area contributed by atoms with Crippen molar-refractivity contribution in [3.05, 3.63) is 46.7 Å². The molecule has 1 unspecified atom stereocenters. The molecule has 2 aromatic heterocycles. The van der Waals surface area contributed by atoms with Gasteiger partial charge < -0.3 is 9.52 Å². The van der Waals surface area contributed by atoms with Crippen molar-refractivity contribution in [2.75, 3.05) is 6.54 Å². The highest BCUT2D eigenvalue weighted by molar-refractivity contribution is 5.20. The topological polar surface area (TPSA) is 97.6 Å². The molecule has 8 nitrogen and oxygen atoms in total. The molecule has 24 heavy (non-hydrogen) atoms. The lowest BCUT2D eigenvalue weighted by atomic mass is 10.1. The summed E-state index contributed by atoms with van der Waals surface area (Å²) in [5.74, 6) is 0.879. The molecule has 1 aliphatic rings. The maximum atomic E-state index is 10.7. The summed E-state index contributed by atoms with van der Waals surface area (Å²) in [5, 5.41) is 25.0. The lowest BCUT2D eigenvalue weighted by Crippen LogP contribution is -2.40. The lowest BCUT2D eigenvalue weighted by molar-refractivity contribution is -0.385. The van der Waals surface area contributed by atoms with Crippen molar-refractivity contribution < 1.29 is 14.4 Å². The number of rotatable bonds is 8. The molecule has 1 fully saturated rings. The van der Waals surface area contributed by atoms with Gasteiger partial charge in [0.1, 0.15) is 18.2 Å². The smallest absolute Gasteiger partial charge is 0.306 e. The number of nitro groups is 1. The number of aliphatic hydroxyl groups is 1. The van der Waals surface area contributed by atoms with E-state index in [1.54, 1.807) is 6.26 Å². The third-order valence-electron chi connectivity index (χ3n) is 4.45. The van der Waals surface area contributed by atoms with E-state index in [2.05, 4.69) is 10.00 Å². The molecule has 1 N–H and O–H groups in total. The monoisotopic (exact) mass is 334 g/mol. The van der Waals surface area contributed by atoms with Crippen molar-refractivity contribution >= 4 is 5.69 Å². The van der Waals surface area contributed by atoms with Gasteiger partial charge in [-0.3, -0.25) is 19.7 Å².